The molecule has 1 unspecified atom stereocenters. The van der Waals surface area contributed by atoms with Gasteiger partial charge in [0.25, 0.3) is 0 Å². The topological polar surface area (TPSA) is 166 Å². The summed E-state index contributed by atoms with van der Waals surface area (Å²) in [4.78, 5) is 4.24. The smallest absolute Gasteiger partial charge is 0.390 e. The maximum Gasteiger partial charge on any atom is 0.390 e. The number of hydrogen-bond donors (Lipinski definition) is 1. The molecule has 1 N–H and O–H groups in total. The van der Waals surface area contributed by atoms with E-state index in [0.29, 0.717) is 4.70 Å². The summed E-state index contributed by atoms with van der Waals surface area (Å²) in [5.74, 6) is -6.16. The maximum atomic E-state index is 13.2. The number of rotatable bonds is 12. The predicted molar refractivity (Wildman–Crippen MR) is 146 cm³/mol. The van der Waals surface area contributed by atoms with Crippen LogP contribution in [0.1, 0.15) is 34.9 Å². The van der Waals surface area contributed by atoms with Gasteiger partial charge in [-0.05, 0) is 23.3 Å². The lowest BCUT2D eigenvalue weighted by Gasteiger charge is -2.13. The molecule has 11 nitrogen and oxygen atoms in total. The highest BCUT2D eigenvalue weighted by Gasteiger charge is 2.40. The zero-order valence-electron chi connectivity index (χ0n) is 21.8. The number of hydrogen-bond acceptors (Lipinski definition) is 11. The Balaban J connectivity index is 1.67. The second kappa shape index (κ2) is 12.3. The molecule has 0 aliphatic rings. The average molecular weight is 707 g/mol. The number of aromatic nitrogens is 3. The number of benzene rings is 2. The van der Waals surface area contributed by atoms with Crippen molar-refractivity contribution in [3.8, 4) is 11.1 Å². The lowest BCUT2D eigenvalue weighted by molar-refractivity contribution is -0.130. The molecule has 2 aromatic heterocycles. The molecule has 0 aliphatic heterocycles. The largest absolute Gasteiger partial charge is 0.422 e. The van der Waals surface area contributed by atoms with Crippen LogP contribution >= 0.6 is 11.3 Å². The first-order chi connectivity index (χ1) is 20.2. The fourth-order valence-corrected chi connectivity index (χ4v) is 9.90. The number of sulfone groups is 1. The SMILES string of the molecule is O=S(=O)(CCC(F)(F)F)NS(=O)(=O)Cc1nnc(C(c2nc3ccc(-c4ccccc4)cc3s2)S(=O)(=O)CCC(F)(F)F)o1. The normalized spacial score (nSPS) is 14.2. The first kappa shape index (κ1) is 33.7. The summed E-state index contributed by atoms with van der Waals surface area (Å²) < 4.78 is 157. The van der Waals surface area contributed by atoms with Gasteiger partial charge in [-0.3, -0.25) is 0 Å². The zero-order chi connectivity index (χ0) is 32.6. The second-order valence-electron chi connectivity index (χ2n) is 9.27. The summed E-state index contributed by atoms with van der Waals surface area (Å²) >= 11 is 0.806. The van der Waals surface area contributed by atoms with Crippen molar-refractivity contribution < 1.29 is 56.0 Å². The van der Waals surface area contributed by atoms with E-state index in [1.165, 1.54) is 0 Å². The minimum Gasteiger partial charge on any atom is -0.422 e. The van der Waals surface area contributed by atoms with Crippen molar-refractivity contribution in [2.45, 2.75) is 36.2 Å². The third kappa shape index (κ3) is 9.19. The van der Waals surface area contributed by atoms with Gasteiger partial charge < -0.3 is 4.42 Å². The van der Waals surface area contributed by atoms with Gasteiger partial charge in [-0.15, -0.1) is 25.7 Å². The Morgan fingerprint density at radius 3 is 2.07 bits per heavy atom. The molecule has 0 aliphatic carbocycles. The van der Waals surface area contributed by atoms with E-state index >= 15 is 0 Å². The van der Waals surface area contributed by atoms with Gasteiger partial charge in [0.15, 0.2) is 15.1 Å². The van der Waals surface area contributed by atoms with Crippen molar-refractivity contribution in [2.75, 3.05) is 11.5 Å². The van der Waals surface area contributed by atoms with Crippen LogP contribution in [0.15, 0.2) is 52.9 Å². The van der Waals surface area contributed by atoms with E-state index in [9.17, 15) is 51.6 Å². The first-order valence-corrected chi connectivity index (χ1v) is 17.9. The summed E-state index contributed by atoms with van der Waals surface area (Å²) in [6.07, 6.45) is -13.3. The molecule has 0 bridgehead atoms. The molecule has 44 heavy (non-hydrogen) atoms. The Kier molecular flexibility index (Phi) is 9.46. The van der Waals surface area contributed by atoms with E-state index < -0.39 is 89.4 Å². The highest BCUT2D eigenvalue weighted by molar-refractivity contribution is 8.04. The van der Waals surface area contributed by atoms with Gasteiger partial charge >= 0.3 is 12.4 Å². The summed E-state index contributed by atoms with van der Waals surface area (Å²) in [6, 6.07) is 14.0. The summed E-state index contributed by atoms with van der Waals surface area (Å²) in [6.45, 7) is 0. The van der Waals surface area contributed by atoms with Gasteiger partial charge in [0.2, 0.25) is 31.8 Å². The second-order valence-corrected chi connectivity index (χ2v) is 16.4. The quantitative estimate of drug-likeness (QED) is 0.207. The molecule has 0 saturated carbocycles. The van der Waals surface area contributed by atoms with Crippen molar-refractivity contribution in [3.63, 3.8) is 0 Å². The summed E-state index contributed by atoms with van der Waals surface area (Å²) in [5.41, 5.74) is 1.83. The first-order valence-electron chi connectivity index (χ1n) is 12.1. The van der Waals surface area contributed by atoms with E-state index in [1.807, 2.05) is 12.1 Å². The molecule has 4 rings (SSSR count). The monoisotopic (exact) mass is 706 g/mol. The molecular weight excluding hydrogens is 687 g/mol. The number of thiazole rings is 1. The highest BCUT2D eigenvalue weighted by atomic mass is 32.3. The Morgan fingerprint density at radius 1 is 0.795 bits per heavy atom. The summed E-state index contributed by atoms with van der Waals surface area (Å²) in [7, 11) is -14.7. The van der Waals surface area contributed by atoms with E-state index in [2.05, 4.69) is 15.2 Å². The molecule has 2 aromatic carbocycles. The van der Waals surface area contributed by atoms with Crippen molar-refractivity contribution in [2.24, 2.45) is 0 Å². The molecule has 2 heterocycles. The Morgan fingerprint density at radius 2 is 1.43 bits per heavy atom. The van der Waals surface area contributed by atoms with Crippen LogP contribution in [-0.2, 0) is 35.6 Å². The van der Waals surface area contributed by atoms with E-state index in [1.54, 1.807) is 36.4 Å². The van der Waals surface area contributed by atoms with Crippen molar-refractivity contribution >= 4 is 51.4 Å². The van der Waals surface area contributed by atoms with Crippen LogP contribution in [0.4, 0.5) is 26.3 Å². The molecule has 0 amide bonds. The predicted octanol–water partition coefficient (Wildman–Crippen LogP) is 4.50. The number of nitrogens with one attached hydrogen (secondary N) is 1. The maximum absolute atomic E-state index is 13.2. The van der Waals surface area contributed by atoms with E-state index in [0.717, 1.165) is 26.6 Å². The molecule has 240 valence electrons. The molecule has 21 heteroatoms. The number of halogens is 6. The van der Waals surface area contributed by atoms with Crippen LogP contribution in [0.25, 0.3) is 21.3 Å². The van der Waals surface area contributed by atoms with Crippen LogP contribution in [0.5, 0.6) is 0 Å². The minimum atomic E-state index is -4.99. The van der Waals surface area contributed by atoms with Gasteiger partial charge in [0.05, 0.1) is 34.6 Å². The minimum absolute atomic E-state index is 0.265. The molecule has 0 radical (unpaired) electrons. The molecule has 0 saturated heterocycles. The zero-order valence-corrected chi connectivity index (χ0v) is 25.1. The van der Waals surface area contributed by atoms with Crippen LogP contribution in [-0.4, -0.2) is 64.3 Å². The van der Waals surface area contributed by atoms with Gasteiger partial charge in [-0.1, -0.05) is 36.4 Å². The third-order valence-corrected chi connectivity index (χ3v) is 12.2. The van der Waals surface area contributed by atoms with E-state index in [-0.39, 0.29) is 10.5 Å². The van der Waals surface area contributed by atoms with Gasteiger partial charge in [0, 0.05) is 0 Å². The molecule has 0 fully saturated rings. The third-order valence-electron chi connectivity index (χ3n) is 5.69. The van der Waals surface area contributed by atoms with Crippen LogP contribution in [0.2, 0.25) is 0 Å². The van der Waals surface area contributed by atoms with Crippen molar-refractivity contribution in [1.29, 1.82) is 0 Å². The lowest BCUT2D eigenvalue weighted by Crippen LogP contribution is -2.34. The van der Waals surface area contributed by atoms with Crippen molar-refractivity contribution in [1.82, 2.24) is 19.3 Å². The van der Waals surface area contributed by atoms with Crippen molar-refractivity contribution in [3.05, 3.63) is 65.3 Å². The van der Waals surface area contributed by atoms with Gasteiger partial charge in [-0.2, -0.15) is 26.3 Å². The Labute approximate surface area is 250 Å². The molecule has 1 atom stereocenters. The van der Waals surface area contributed by atoms with Crippen LogP contribution in [0, 0.1) is 0 Å². The molecule has 4 aromatic rings. The average Bonchev–Trinajstić information content (AvgIpc) is 3.51. The molecular formula is C23H20F6N4O7S4. The Hall–Kier alpha value is -3.14. The fourth-order valence-electron chi connectivity index (χ4n) is 3.76. The van der Waals surface area contributed by atoms with Gasteiger partial charge in [0.1, 0.15) is 10.8 Å². The molecule has 0 spiro atoms. The lowest BCUT2D eigenvalue weighted by atomic mass is 10.1. The van der Waals surface area contributed by atoms with Crippen LogP contribution in [0.3, 0.4) is 0 Å². The van der Waals surface area contributed by atoms with Crippen LogP contribution < -0.4 is 4.13 Å². The summed E-state index contributed by atoms with van der Waals surface area (Å²) in [5, 5.41) is 4.53. The highest BCUT2D eigenvalue weighted by Crippen LogP contribution is 2.38. The van der Waals surface area contributed by atoms with E-state index in [4.69, 9.17) is 4.42 Å². The fraction of sp³-hybridized carbons (Fsp3) is 0.348. The number of nitrogens with zero attached hydrogens (tertiary/aromatic N) is 3. The number of sulfonamides is 2. The number of fused-ring (bicyclic) bond motifs is 1. The van der Waals surface area contributed by atoms with Gasteiger partial charge in [-0.25, -0.2) is 30.2 Å². The Bertz CT molecular complexity index is 1960. The standard InChI is InChI=1S/C23H20F6N4O7S4/c24-22(25,26)8-10-42(34,35)19(21-30-16-7-6-15(12-17(16)41-21)14-4-2-1-3-5-14)20-32-31-18(40-20)13-44(38,39)33-43(36,37)11-9-23(27,28)29/h1-7,12,19,33H,8-11,13H2. The number of alkyl halides is 6.